The highest BCUT2D eigenvalue weighted by atomic mass is 32.1. The van der Waals surface area contributed by atoms with E-state index in [4.69, 9.17) is 0 Å². The molecule has 0 spiro atoms. The summed E-state index contributed by atoms with van der Waals surface area (Å²) in [5.74, 6) is -0.499. The van der Waals surface area contributed by atoms with Gasteiger partial charge < -0.3 is 15.4 Å². The highest BCUT2D eigenvalue weighted by molar-refractivity contribution is 7.21. The molecule has 0 aliphatic carbocycles. The number of urea groups is 1. The van der Waals surface area contributed by atoms with Gasteiger partial charge in [0, 0.05) is 11.3 Å². The second kappa shape index (κ2) is 7.31. The van der Waals surface area contributed by atoms with Crippen LogP contribution in [-0.4, -0.2) is 30.1 Å². The minimum atomic E-state index is -0.716. The largest absolute Gasteiger partial charge is 0.467 e. The van der Waals surface area contributed by atoms with E-state index in [0.29, 0.717) is 5.69 Å². The molecule has 25 heavy (non-hydrogen) atoms. The molecule has 3 rings (SSSR count). The van der Waals surface area contributed by atoms with Crippen LogP contribution in [0.15, 0.2) is 48.5 Å². The molecule has 1 atom stereocenters. The third-order valence-corrected chi connectivity index (χ3v) is 4.67. The molecule has 2 N–H and O–H groups in total. The number of carbonyl (C=O) groups excluding carboxylic acids is 2. The van der Waals surface area contributed by atoms with Gasteiger partial charge in [0.1, 0.15) is 11.0 Å². The standard InChI is InChI=1S/C18H17N3O3S/c1-11(17(22)24-2)19-18(23)20-13-9-7-12(8-10-13)16-21-14-5-3-4-6-15(14)25-16/h3-11H,1-2H3,(H2,19,20,23). The van der Waals surface area contributed by atoms with Crippen molar-refractivity contribution in [3.63, 3.8) is 0 Å². The number of ether oxygens (including phenoxy) is 1. The van der Waals surface area contributed by atoms with Gasteiger partial charge in [-0.15, -0.1) is 11.3 Å². The number of aromatic nitrogens is 1. The molecule has 3 aromatic rings. The molecule has 0 fully saturated rings. The molecule has 1 aromatic heterocycles. The third kappa shape index (κ3) is 3.95. The first kappa shape index (κ1) is 16.9. The van der Waals surface area contributed by atoms with Gasteiger partial charge in [0.15, 0.2) is 0 Å². The lowest BCUT2D eigenvalue weighted by molar-refractivity contribution is -0.142. The van der Waals surface area contributed by atoms with Crippen LogP contribution in [0.25, 0.3) is 20.8 Å². The number of para-hydroxylation sites is 1. The van der Waals surface area contributed by atoms with Crippen LogP contribution in [-0.2, 0) is 9.53 Å². The molecule has 1 heterocycles. The molecule has 0 saturated carbocycles. The lowest BCUT2D eigenvalue weighted by Crippen LogP contribution is -2.41. The Bertz CT molecular complexity index is 872. The molecule has 7 heteroatoms. The molecule has 0 saturated heterocycles. The number of methoxy groups -OCH3 is 1. The SMILES string of the molecule is COC(=O)C(C)NC(=O)Nc1ccc(-c2nc3ccccc3s2)cc1. The summed E-state index contributed by atoms with van der Waals surface area (Å²) < 4.78 is 5.70. The van der Waals surface area contributed by atoms with E-state index in [1.165, 1.54) is 7.11 Å². The molecule has 6 nitrogen and oxygen atoms in total. The molecule has 0 aliphatic rings. The Morgan fingerprint density at radius 2 is 1.84 bits per heavy atom. The maximum absolute atomic E-state index is 11.9. The molecule has 2 amide bonds. The summed E-state index contributed by atoms with van der Waals surface area (Å²) in [5.41, 5.74) is 2.58. The number of rotatable bonds is 4. The number of hydrogen-bond donors (Lipinski definition) is 2. The summed E-state index contributed by atoms with van der Waals surface area (Å²) >= 11 is 1.62. The zero-order valence-electron chi connectivity index (χ0n) is 13.8. The molecule has 0 radical (unpaired) electrons. The Morgan fingerprint density at radius 3 is 2.52 bits per heavy atom. The van der Waals surface area contributed by atoms with Gasteiger partial charge >= 0.3 is 12.0 Å². The van der Waals surface area contributed by atoms with Gasteiger partial charge in [-0.2, -0.15) is 0 Å². The Labute approximate surface area is 148 Å². The Hall–Kier alpha value is -2.93. The van der Waals surface area contributed by atoms with E-state index in [-0.39, 0.29) is 0 Å². The van der Waals surface area contributed by atoms with Gasteiger partial charge in [0.05, 0.1) is 17.3 Å². The van der Waals surface area contributed by atoms with Crippen LogP contribution in [0.1, 0.15) is 6.92 Å². The van der Waals surface area contributed by atoms with Crippen molar-refractivity contribution in [2.75, 3.05) is 12.4 Å². The Kier molecular flexibility index (Phi) is 4.95. The van der Waals surface area contributed by atoms with E-state index >= 15 is 0 Å². The number of fused-ring (bicyclic) bond motifs is 1. The average molecular weight is 355 g/mol. The summed E-state index contributed by atoms with van der Waals surface area (Å²) in [6.07, 6.45) is 0. The zero-order chi connectivity index (χ0) is 17.8. The number of amides is 2. The molecule has 0 bridgehead atoms. The summed E-state index contributed by atoms with van der Waals surface area (Å²) in [6.45, 7) is 1.56. The molecular formula is C18H17N3O3S. The fourth-order valence-electron chi connectivity index (χ4n) is 2.29. The van der Waals surface area contributed by atoms with Crippen LogP contribution in [0.5, 0.6) is 0 Å². The van der Waals surface area contributed by atoms with E-state index in [0.717, 1.165) is 20.8 Å². The van der Waals surface area contributed by atoms with Crippen molar-refractivity contribution in [3.8, 4) is 10.6 Å². The van der Waals surface area contributed by atoms with Crippen LogP contribution < -0.4 is 10.6 Å². The van der Waals surface area contributed by atoms with Gasteiger partial charge in [-0.05, 0) is 43.3 Å². The summed E-state index contributed by atoms with van der Waals surface area (Å²) in [7, 11) is 1.28. The molecule has 2 aromatic carbocycles. The smallest absolute Gasteiger partial charge is 0.328 e. The van der Waals surface area contributed by atoms with Gasteiger partial charge in [-0.1, -0.05) is 12.1 Å². The van der Waals surface area contributed by atoms with Crippen molar-refractivity contribution in [2.24, 2.45) is 0 Å². The minimum Gasteiger partial charge on any atom is -0.467 e. The zero-order valence-corrected chi connectivity index (χ0v) is 14.6. The molecule has 128 valence electrons. The van der Waals surface area contributed by atoms with Gasteiger partial charge in [-0.25, -0.2) is 14.6 Å². The lowest BCUT2D eigenvalue weighted by atomic mass is 10.2. The van der Waals surface area contributed by atoms with E-state index in [1.807, 2.05) is 36.4 Å². The minimum absolute atomic E-state index is 0.467. The second-order valence-corrected chi connectivity index (χ2v) is 6.44. The highest BCUT2D eigenvalue weighted by Gasteiger charge is 2.15. The number of thiazole rings is 1. The van der Waals surface area contributed by atoms with Crippen LogP contribution in [0.2, 0.25) is 0 Å². The normalized spacial score (nSPS) is 11.8. The van der Waals surface area contributed by atoms with Gasteiger partial charge in [-0.3, -0.25) is 0 Å². The average Bonchev–Trinajstić information content (AvgIpc) is 3.05. The predicted molar refractivity (Wildman–Crippen MR) is 98.7 cm³/mol. The van der Waals surface area contributed by atoms with E-state index < -0.39 is 18.0 Å². The fraction of sp³-hybridized carbons (Fsp3) is 0.167. The molecule has 0 aliphatic heterocycles. The lowest BCUT2D eigenvalue weighted by Gasteiger charge is -2.12. The van der Waals surface area contributed by atoms with Crippen molar-refractivity contribution >= 4 is 39.2 Å². The Morgan fingerprint density at radius 1 is 1.12 bits per heavy atom. The predicted octanol–water partition coefficient (Wildman–Crippen LogP) is 3.65. The first-order valence-electron chi connectivity index (χ1n) is 7.68. The highest BCUT2D eigenvalue weighted by Crippen LogP contribution is 2.30. The van der Waals surface area contributed by atoms with Gasteiger partial charge in [0.25, 0.3) is 0 Å². The number of anilines is 1. The van der Waals surface area contributed by atoms with Crippen LogP contribution in [0.4, 0.5) is 10.5 Å². The van der Waals surface area contributed by atoms with Crippen molar-refractivity contribution in [2.45, 2.75) is 13.0 Å². The second-order valence-electron chi connectivity index (χ2n) is 5.41. The van der Waals surface area contributed by atoms with E-state index in [1.54, 1.807) is 30.4 Å². The number of nitrogens with one attached hydrogen (secondary N) is 2. The fourth-order valence-corrected chi connectivity index (χ4v) is 3.26. The van der Waals surface area contributed by atoms with Crippen molar-refractivity contribution in [3.05, 3.63) is 48.5 Å². The Balaban J connectivity index is 1.67. The number of hydrogen-bond acceptors (Lipinski definition) is 5. The summed E-state index contributed by atoms with van der Waals surface area (Å²) in [4.78, 5) is 27.8. The van der Waals surface area contributed by atoms with Crippen molar-refractivity contribution < 1.29 is 14.3 Å². The van der Waals surface area contributed by atoms with Crippen LogP contribution in [0.3, 0.4) is 0 Å². The number of nitrogens with zero attached hydrogens (tertiary/aromatic N) is 1. The molecular weight excluding hydrogens is 338 g/mol. The number of esters is 1. The summed E-state index contributed by atoms with van der Waals surface area (Å²) in [5, 5.41) is 6.12. The van der Waals surface area contributed by atoms with Crippen LogP contribution >= 0.6 is 11.3 Å². The van der Waals surface area contributed by atoms with Crippen molar-refractivity contribution in [1.82, 2.24) is 10.3 Å². The maximum atomic E-state index is 11.9. The van der Waals surface area contributed by atoms with E-state index in [9.17, 15) is 9.59 Å². The first-order chi connectivity index (χ1) is 12.1. The monoisotopic (exact) mass is 355 g/mol. The third-order valence-electron chi connectivity index (χ3n) is 3.59. The topological polar surface area (TPSA) is 80.3 Å². The van der Waals surface area contributed by atoms with Gasteiger partial charge in [0.2, 0.25) is 0 Å². The molecule has 1 unspecified atom stereocenters. The van der Waals surface area contributed by atoms with E-state index in [2.05, 4.69) is 20.4 Å². The quantitative estimate of drug-likeness (QED) is 0.700. The number of benzene rings is 2. The first-order valence-corrected chi connectivity index (χ1v) is 8.50. The number of carbonyl (C=O) groups is 2. The maximum Gasteiger partial charge on any atom is 0.328 e. The summed E-state index contributed by atoms with van der Waals surface area (Å²) in [6, 6.07) is 14.2. The van der Waals surface area contributed by atoms with Crippen molar-refractivity contribution in [1.29, 1.82) is 0 Å². The van der Waals surface area contributed by atoms with Crippen LogP contribution in [0, 0.1) is 0 Å².